The third kappa shape index (κ3) is 7.13. The van der Waals surface area contributed by atoms with E-state index < -0.39 is 7.92 Å². The van der Waals surface area contributed by atoms with Crippen LogP contribution in [-0.2, 0) is 15.5 Å². The summed E-state index contributed by atoms with van der Waals surface area (Å²) in [5.74, 6) is 0. The van der Waals surface area contributed by atoms with Gasteiger partial charge in [0.05, 0.1) is 0 Å². The molecule has 0 N–H and O–H groups in total. The van der Waals surface area contributed by atoms with Gasteiger partial charge in [0, 0.05) is 15.5 Å². The van der Waals surface area contributed by atoms with Crippen LogP contribution in [0.5, 0.6) is 0 Å². The summed E-state index contributed by atoms with van der Waals surface area (Å²) in [5, 5.41) is -0.732. The summed E-state index contributed by atoms with van der Waals surface area (Å²) in [5.41, 5.74) is 8.01. The molecular formula is C42H42P4. The fourth-order valence-electron chi connectivity index (χ4n) is 6.69. The van der Waals surface area contributed by atoms with Crippen molar-refractivity contribution < 1.29 is 0 Å². The lowest BCUT2D eigenvalue weighted by Crippen LogP contribution is -2.33. The molecule has 0 bridgehead atoms. The van der Waals surface area contributed by atoms with Gasteiger partial charge in [0.25, 0.3) is 0 Å². The fraction of sp³-hybridized carbons (Fsp3) is 0.143. The van der Waals surface area contributed by atoms with Crippen LogP contribution in [0.3, 0.4) is 0 Å². The molecule has 0 fully saturated rings. The van der Waals surface area contributed by atoms with E-state index in [-0.39, 0.29) is 15.5 Å². The molecule has 0 aliphatic rings. The fourth-order valence-corrected chi connectivity index (χ4v) is 13.7. The molecule has 0 radical (unpaired) electrons. The van der Waals surface area contributed by atoms with Gasteiger partial charge in [-0.2, -0.15) is 0 Å². The topological polar surface area (TPSA) is 0 Å². The predicted molar refractivity (Wildman–Crippen MR) is 212 cm³/mol. The minimum Gasteiger partial charge on any atom is -0.121 e. The van der Waals surface area contributed by atoms with Gasteiger partial charge in [-0.15, -0.1) is 35.6 Å². The van der Waals surface area contributed by atoms with Crippen LogP contribution in [0.4, 0.5) is 0 Å². The number of hydrogen-bond acceptors (Lipinski definition) is 0. The molecule has 0 aromatic heterocycles. The minimum atomic E-state index is -0.629. The van der Waals surface area contributed by atoms with Gasteiger partial charge in [0.1, 0.15) is 0 Å². The Kier molecular flexibility index (Phi) is 10.6. The Morgan fingerprint density at radius 1 is 0.283 bits per heavy atom. The van der Waals surface area contributed by atoms with Crippen molar-refractivity contribution in [2.75, 3.05) is 18.5 Å². The Balaban J connectivity index is 1.53. The van der Waals surface area contributed by atoms with Gasteiger partial charge >= 0.3 is 0 Å². The van der Waals surface area contributed by atoms with Crippen molar-refractivity contribution in [3.8, 4) is 0 Å². The Hall–Kier alpha value is -2.96. The lowest BCUT2D eigenvalue weighted by molar-refractivity contribution is 0.792. The third-order valence-corrected chi connectivity index (χ3v) is 15.6. The molecule has 0 saturated heterocycles. The van der Waals surface area contributed by atoms with E-state index in [9.17, 15) is 0 Å². The van der Waals surface area contributed by atoms with E-state index in [0.29, 0.717) is 0 Å². The average molecular weight is 671 g/mol. The lowest BCUT2D eigenvalue weighted by atomic mass is 9.91. The molecule has 0 aliphatic heterocycles. The number of rotatable bonds is 12. The van der Waals surface area contributed by atoms with Crippen LogP contribution in [0.15, 0.2) is 182 Å². The second-order valence-electron chi connectivity index (χ2n) is 12.3. The molecule has 3 atom stereocenters. The zero-order chi connectivity index (χ0) is 31.9. The van der Waals surface area contributed by atoms with Crippen molar-refractivity contribution >= 4 is 35.6 Å². The van der Waals surface area contributed by atoms with Crippen molar-refractivity contribution in [3.63, 3.8) is 0 Å². The maximum atomic E-state index is 3.35. The van der Waals surface area contributed by atoms with Gasteiger partial charge in [-0.05, 0) is 51.9 Å². The molecule has 6 aromatic carbocycles. The van der Waals surface area contributed by atoms with Crippen molar-refractivity contribution in [3.05, 3.63) is 215 Å². The van der Waals surface area contributed by atoms with E-state index in [1.165, 1.54) is 33.4 Å². The molecule has 46 heavy (non-hydrogen) atoms. The van der Waals surface area contributed by atoms with Gasteiger partial charge < -0.3 is 0 Å². The minimum absolute atomic E-state index is 0.244. The molecule has 230 valence electrons. The quantitative estimate of drug-likeness (QED) is 0.114. The normalized spacial score (nSPS) is 12.3. The highest BCUT2D eigenvalue weighted by molar-refractivity contribution is 7.59. The molecular weight excluding hydrogens is 628 g/mol. The Morgan fingerprint density at radius 2 is 0.435 bits per heavy atom. The molecule has 0 aliphatic carbocycles. The smallest absolute Gasteiger partial charge is 0.0383 e. The number of hydrogen-bond donors (Lipinski definition) is 0. The average Bonchev–Trinajstić information content (AvgIpc) is 3.13. The molecule has 3 unspecified atom stereocenters. The first-order valence-electron chi connectivity index (χ1n) is 15.8. The molecule has 0 nitrogen and oxygen atoms in total. The van der Waals surface area contributed by atoms with E-state index in [0.717, 1.165) is 18.5 Å². The van der Waals surface area contributed by atoms with E-state index in [1.807, 2.05) is 0 Å². The highest BCUT2D eigenvalue weighted by Crippen LogP contribution is 2.60. The SMILES string of the molecule is PC(CP(CC(P)(c1ccccc1)c1ccccc1)CC(P)(c1ccccc1)c1ccccc1)(c1ccccc1)c1ccccc1. The summed E-state index contributed by atoms with van der Waals surface area (Å²) >= 11 is 0. The summed E-state index contributed by atoms with van der Waals surface area (Å²) in [6.07, 6.45) is 3.06. The first kappa shape index (κ1) is 33.0. The summed E-state index contributed by atoms with van der Waals surface area (Å²) in [7, 11) is 9.42. The highest BCUT2D eigenvalue weighted by Gasteiger charge is 2.41. The second-order valence-corrected chi connectivity index (χ2v) is 17.5. The molecule has 4 heteroatoms. The summed E-state index contributed by atoms with van der Waals surface area (Å²) in [6.45, 7) is 0. The lowest BCUT2D eigenvalue weighted by Gasteiger charge is -2.43. The highest BCUT2D eigenvalue weighted by atomic mass is 31.1. The summed E-state index contributed by atoms with van der Waals surface area (Å²) < 4.78 is 0. The van der Waals surface area contributed by atoms with Crippen LogP contribution in [0.1, 0.15) is 33.4 Å². The van der Waals surface area contributed by atoms with E-state index in [1.54, 1.807) is 0 Å². The molecule has 0 saturated carbocycles. The predicted octanol–water partition coefficient (Wildman–Crippen LogP) is 10.9. The standard InChI is InChI=1S/C42H42P4/c43-40(34-19-7-1-8-20-34,35-21-9-2-10-22-35)31-46(32-41(44,36-23-11-3-12-24-36)37-25-13-4-14-26-37)33-42(45,38-27-15-5-16-28-38)39-29-17-6-18-30-39/h1-30H,31-33,43-45H2. The molecule has 6 aromatic rings. The maximum Gasteiger partial charge on any atom is 0.0383 e. The Labute approximate surface area is 283 Å². The summed E-state index contributed by atoms with van der Waals surface area (Å²) in [4.78, 5) is 0. The monoisotopic (exact) mass is 670 g/mol. The van der Waals surface area contributed by atoms with Gasteiger partial charge in [-0.1, -0.05) is 182 Å². The Bertz CT molecular complexity index is 1440. The first-order chi connectivity index (χ1) is 22.4. The van der Waals surface area contributed by atoms with E-state index >= 15 is 0 Å². The van der Waals surface area contributed by atoms with Gasteiger partial charge in [-0.25, -0.2) is 0 Å². The van der Waals surface area contributed by atoms with Crippen molar-refractivity contribution in [1.29, 1.82) is 0 Å². The first-order valence-corrected chi connectivity index (χ1v) is 19.5. The molecule has 0 heterocycles. The zero-order valence-electron chi connectivity index (χ0n) is 26.1. The Morgan fingerprint density at radius 3 is 0.587 bits per heavy atom. The zero-order valence-corrected chi connectivity index (χ0v) is 30.5. The van der Waals surface area contributed by atoms with Crippen LogP contribution in [0, 0.1) is 0 Å². The van der Waals surface area contributed by atoms with Crippen molar-refractivity contribution in [1.82, 2.24) is 0 Å². The van der Waals surface area contributed by atoms with Crippen LogP contribution < -0.4 is 0 Å². The second kappa shape index (κ2) is 14.9. The van der Waals surface area contributed by atoms with Crippen molar-refractivity contribution in [2.45, 2.75) is 15.5 Å². The van der Waals surface area contributed by atoms with Crippen LogP contribution in [0.2, 0.25) is 0 Å². The third-order valence-electron chi connectivity index (χ3n) is 9.15. The van der Waals surface area contributed by atoms with Gasteiger partial charge in [0.15, 0.2) is 0 Å². The van der Waals surface area contributed by atoms with Gasteiger partial charge in [0.2, 0.25) is 0 Å². The largest absolute Gasteiger partial charge is 0.121 e. The van der Waals surface area contributed by atoms with E-state index in [4.69, 9.17) is 0 Å². The van der Waals surface area contributed by atoms with Crippen LogP contribution in [-0.4, -0.2) is 18.5 Å². The van der Waals surface area contributed by atoms with Crippen LogP contribution >= 0.6 is 35.6 Å². The van der Waals surface area contributed by atoms with Crippen LogP contribution in [0.25, 0.3) is 0 Å². The summed E-state index contributed by atoms with van der Waals surface area (Å²) in [6, 6.07) is 66.6. The molecule has 6 rings (SSSR count). The van der Waals surface area contributed by atoms with Gasteiger partial charge in [-0.3, -0.25) is 0 Å². The molecule has 0 amide bonds. The van der Waals surface area contributed by atoms with E-state index in [2.05, 4.69) is 210 Å². The van der Waals surface area contributed by atoms with Crippen molar-refractivity contribution in [2.24, 2.45) is 0 Å². The molecule has 0 spiro atoms. The maximum absolute atomic E-state index is 3.35. The number of benzene rings is 6.